The van der Waals surface area contributed by atoms with E-state index in [2.05, 4.69) is 25.6 Å². The number of piperazine rings is 1. The lowest BCUT2D eigenvalue weighted by molar-refractivity contribution is -0.129. The predicted octanol–water partition coefficient (Wildman–Crippen LogP) is 2.33. The third kappa shape index (κ3) is 4.50. The smallest absolute Gasteiger partial charge is 0.351 e. The Morgan fingerprint density at radius 3 is 2.53 bits per heavy atom. The summed E-state index contributed by atoms with van der Waals surface area (Å²) in [5.74, 6) is 0.737. The van der Waals surface area contributed by atoms with Gasteiger partial charge in [0.1, 0.15) is 0 Å². The molecule has 2 heterocycles. The van der Waals surface area contributed by atoms with Crippen molar-refractivity contribution in [1.29, 1.82) is 0 Å². The summed E-state index contributed by atoms with van der Waals surface area (Å²) >= 11 is 2.20. The van der Waals surface area contributed by atoms with Gasteiger partial charge in [0.05, 0.1) is 18.1 Å². The topological polar surface area (TPSA) is 32.3 Å². The third-order valence-corrected chi connectivity index (χ3v) is 4.46. The Hall–Kier alpha value is -0.540. The molecule has 0 unspecified atom stereocenters. The van der Waals surface area contributed by atoms with Crippen molar-refractivity contribution in [3.05, 3.63) is 0 Å². The van der Waals surface area contributed by atoms with E-state index in [1.54, 1.807) is 0 Å². The van der Waals surface area contributed by atoms with Crippen LogP contribution in [0.2, 0.25) is 0 Å². The summed E-state index contributed by atoms with van der Waals surface area (Å²) in [6, 6.07) is 0. The highest BCUT2D eigenvalue weighted by Gasteiger charge is 2.27. The number of rotatable bonds is 4. The number of alkyl halides is 3. The molecule has 4 nitrogen and oxygen atoms in total. The van der Waals surface area contributed by atoms with Crippen LogP contribution < -0.4 is 4.90 Å². The second-order valence-electron chi connectivity index (χ2n) is 4.40. The SMILES string of the molecule is CN1CCN(c2nsnc2SCCC(F)(F)F)CC1. The molecular formula is C10H15F3N4S2. The van der Waals surface area contributed by atoms with Crippen LogP contribution in [0.4, 0.5) is 19.0 Å². The van der Waals surface area contributed by atoms with Crippen LogP contribution in [0.15, 0.2) is 5.03 Å². The molecule has 1 fully saturated rings. The molecule has 0 amide bonds. The van der Waals surface area contributed by atoms with Crippen LogP contribution in [0, 0.1) is 0 Å². The Bertz CT molecular complexity index is 402. The van der Waals surface area contributed by atoms with E-state index >= 15 is 0 Å². The molecule has 1 aromatic rings. The molecule has 19 heavy (non-hydrogen) atoms. The number of nitrogens with zero attached hydrogens (tertiary/aromatic N) is 4. The normalized spacial score (nSPS) is 18.0. The standard InChI is InChI=1S/C10H15F3N4S2/c1-16-3-5-17(6-4-16)8-9(15-19-14-8)18-7-2-10(11,12)13/h2-7H2,1H3. The van der Waals surface area contributed by atoms with Gasteiger partial charge in [-0.3, -0.25) is 0 Å². The van der Waals surface area contributed by atoms with Gasteiger partial charge in [-0.1, -0.05) is 0 Å². The Labute approximate surface area is 118 Å². The summed E-state index contributed by atoms with van der Waals surface area (Å²) in [4.78, 5) is 4.31. The highest BCUT2D eigenvalue weighted by Crippen LogP contribution is 2.31. The number of anilines is 1. The third-order valence-electron chi connectivity index (χ3n) is 2.87. The molecule has 0 spiro atoms. The van der Waals surface area contributed by atoms with E-state index in [0.29, 0.717) is 5.03 Å². The molecule has 0 N–H and O–H groups in total. The van der Waals surface area contributed by atoms with Crippen molar-refractivity contribution in [2.45, 2.75) is 17.6 Å². The molecule has 0 aromatic carbocycles. The van der Waals surface area contributed by atoms with E-state index in [9.17, 15) is 13.2 Å². The average Bonchev–Trinajstić information content (AvgIpc) is 2.77. The Morgan fingerprint density at radius 2 is 1.89 bits per heavy atom. The van der Waals surface area contributed by atoms with Crippen molar-refractivity contribution in [3.63, 3.8) is 0 Å². The second-order valence-corrected chi connectivity index (χ2v) is 6.01. The van der Waals surface area contributed by atoms with Crippen LogP contribution in [0.5, 0.6) is 0 Å². The number of thioether (sulfide) groups is 1. The lowest BCUT2D eigenvalue weighted by Gasteiger charge is -2.32. The van der Waals surface area contributed by atoms with Crippen molar-refractivity contribution < 1.29 is 13.2 Å². The number of hydrogen-bond acceptors (Lipinski definition) is 6. The van der Waals surface area contributed by atoms with E-state index in [-0.39, 0.29) is 5.75 Å². The molecule has 9 heteroatoms. The van der Waals surface area contributed by atoms with Crippen molar-refractivity contribution in [2.24, 2.45) is 0 Å². The fourth-order valence-electron chi connectivity index (χ4n) is 1.74. The zero-order valence-corrected chi connectivity index (χ0v) is 12.1. The zero-order valence-electron chi connectivity index (χ0n) is 10.5. The van der Waals surface area contributed by atoms with Gasteiger partial charge in [-0.25, -0.2) is 0 Å². The molecule has 0 aliphatic carbocycles. The summed E-state index contributed by atoms with van der Waals surface area (Å²) in [6.45, 7) is 3.55. The minimum atomic E-state index is -4.11. The van der Waals surface area contributed by atoms with Crippen LogP contribution in [-0.2, 0) is 0 Å². The Balaban J connectivity index is 1.90. The highest BCUT2D eigenvalue weighted by atomic mass is 32.2. The molecule has 1 saturated heterocycles. The zero-order chi connectivity index (χ0) is 13.9. The first-order valence-corrected chi connectivity index (χ1v) is 7.63. The summed E-state index contributed by atoms with van der Waals surface area (Å²) in [5.41, 5.74) is 0. The maximum Gasteiger partial charge on any atom is 0.389 e. The van der Waals surface area contributed by atoms with Gasteiger partial charge < -0.3 is 9.80 Å². The van der Waals surface area contributed by atoms with Gasteiger partial charge >= 0.3 is 6.18 Å². The van der Waals surface area contributed by atoms with E-state index in [1.165, 1.54) is 0 Å². The number of likely N-dealkylation sites (N-methyl/N-ethyl adjacent to an activating group) is 1. The Morgan fingerprint density at radius 1 is 1.21 bits per heavy atom. The van der Waals surface area contributed by atoms with Crippen LogP contribution >= 0.6 is 23.5 Å². The minimum Gasteiger partial charge on any atom is -0.351 e. The molecule has 0 radical (unpaired) electrons. The van der Waals surface area contributed by atoms with Crippen LogP contribution in [-0.4, -0.2) is 58.8 Å². The summed E-state index contributed by atoms with van der Waals surface area (Å²) in [5, 5.41) is 0.624. The molecule has 0 bridgehead atoms. The van der Waals surface area contributed by atoms with Gasteiger partial charge in [-0.2, -0.15) is 21.9 Å². The van der Waals surface area contributed by atoms with Crippen LogP contribution in [0.3, 0.4) is 0 Å². The van der Waals surface area contributed by atoms with Gasteiger partial charge in [-0.15, -0.1) is 11.8 Å². The summed E-state index contributed by atoms with van der Waals surface area (Å²) in [6.07, 6.45) is -4.90. The maximum absolute atomic E-state index is 12.1. The quantitative estimate of drug-likeness (QED) is 0.797. The number of aromatic nitrogens is 2. The fourth-order valence-corrected chi connectivity index (χ4v) is 3.42. The van der Waals surface area contributed by atoms with Gasteiger partial charge in [0, 0.05) is 31.9 Å². The van der Waals surface area contributed by atoms with E-state index in [4.69, 9.17) is 0 Å². The maximum atomic E-state index is 12.1. The molecule has 0 saturated carbocycles. The minimum absolute atomic E-state index is 0.00431. The van der Waals surface area contributed by atoms with E-state index in [0.717, 1.165) is 55.5 Å². The van der Waals surface area contributed by atoms with Gasteiger partial charge in [0.25, 0.3) is 0 Å². The lowest BCUT2D eigenvalue weighted by atomic mass is 10.3. The monoisotopic (exact) mass is 312 g/mol. The van der Waals surface area contributed by atoms with Crippen LogP contribution in [0.25, 0.3) is 0 Å². The first-order valence-electron chi connectivity index (χ1n) is 5.91. The van der Waals surface area contributed by atoms with Gasteiger partial charge in [0.15, 0.2) is 10.8 Å². The number of halogens is 3. The summed E-state index contributed by atoms with van der Waals surface area (Å²) < 4.78 is 44.7. The van der Waals surface area contributed by atoms with E-state index < -0.39 is 12.6 Å². The lowest BCUT2D eigenvalue weighted by Crippen LogP contribution is -2.44. The number of hydrogen-bond donors (Lipinski definition) is 0. The van der Waals surface area contributed by atoms with E-state index in [1.807, 2.05) is 0 Å². The molecule has 2 rings (SSSR count). The van der Waals surface area contributed by atoms with Crippen molar-refractivity contribution in [1.82, 2.24) is 13.6 Å². The largest absolute Gasteiger partial charge is 0.389 e. The van der Waals surface area contributed by atoms with Crippen molar-refractivity contribution >= 4 is 29.3 Å². The molecule has 1 aliphatic heterocycles. The highest BCUT2D eigenvalue weighted by molar-refractivity contribution is 7.99. The molecular weight excluding hydrogens is 297 g/mol. The molecule has 1 aromatic heterocycles. The first-order chi connectivity index (χ1) is 8.96. The second kappa shape index (κ2) is 6.27. The molecule has 1 aliphatic rings. The van der Waals surface area contributed by atoms with Crippen LogP contribution in [0.1, 0.15) is 6.42 Å². The Kier molecular flexibility index (Phi) is 4.91. The molecule has 0 atom stereocenters. The fraction of sp³-hybridized carbons (Fsp3) is 0.800. The predicted molar refractivity (Wildman–Crippen MR) is 71.0 cm³/mol. The van der Waals surface area contributed by atoms with Gasteiger partial charge in [-0.05, 0) is 7.05 Å². The summed E-state index contributed by atoms with van der Waals surface area (Å²) in [7, 11) is 2.05. The van der Waals surface area contributed by atoms with Gasteiger partial charge in [0.2, 0.25) is 0 Å². The first kappa shape index (κ1) is 14.9. The van der Waals surface area contributed by atoms with Crippen molar-refractivity contribution in [2.75, 3.05) is 43.9 Å². The molecule has 108 valence electrons. The average molecular weight is 312 g/mol. The van der Waals surface area contributed by atoms with Crippen molar-refractivity contribution in [3.8, 4) is 0 Å².